The maximum atomic E-state index is 10.5. The third-order valence-electron chi connectivity index (χ3n) is 1.84. The second kappa shape index (κ2) is 3.75. The number of aldehydes is 1. The first-order chi connectivity index (χ1) is 6.81. The molecule has 3 nitrogen and oxygen atoms in total. The van der Waals surface area contributed by atoms with E-state index in [1.165, 1.54) is 6.20 Å². The summed E-state index contributed by atoms with van der Waals surface area (Å²) >= 11 is 3.41. The quantitative estimate of drug-likeness (QED) is 0.768. The predicted octanol–water partition coefficient (Wildman–Crippen LogP) is 2.45. The van der Waals surface area contributed by atoms with Gasteiger partial charge in [0.15, 0.2) is 6.29 Å². The molecule has 0 radical (unpaired) electrons. The molecule has 0 saturated heterocycles. The van der Waals surface area contributed by atoms with Crippen molar-refractivity contribution < 1.29 is 4.79 Å². The van der Waals surface area contributed by atoms with Crippen LogP contribution in [0.1, 0.15) is 10.4 Å². The van der Waals surface area contributed by atoms with Gasteiger partial charge in [-0.2, -0.15) is 5.10 Å². The van der Waals surface area contributed by atoms with Crippen LogP contribution in [-0.4, -0.2) is 16.1 Å². The van der Waals surface area contributed by atoms with Gasteiger partial charge >= 0.3 is 0 Å². The van der Waals surface area contributed by atoms with E-state index in [-0.39, 0.29) is 0 Å². The topological polar surface area (TPSA) is 34.9 Å². The zero-order chi connectivity index (χ0) is 9.97. The highest BCUT2D eigenvalue weighted by Gasteiger charge is 2.02. The third-order valence-corrected chi connectivity index (χ3v) is 2.51. The van der Waals surface area contributed by atoms with Gasteiger partial charge in [-0.05, 0) is 28.1 Å². The Hall–Kier alpha value is -1.42. The van der Waals surface area contributed by atoms with E-state index in [9.17, 15) is 4.79 Å². The number of halogens is 1. The average molecular weight is 251 g/mol. The molecule has 0 unspecified atom stereocenters. The Labute approximate surface area is 89.5 Å². The first kappa shape index (κ1) is 9.15. The molecule has 0 N–H and O–H groups in total. The molecule has 4 heteroatoms. The van der Waals surface area contributed by atoms with Crippen LogP contribution in [0.25, 0.3) is 5.69 Å². The molecule has 0 bridgehead atoms. The highest BCUT2D eigenvalue weighted by atomic mass is 79.9. The number of nitrogens with zero attached hydrogens (tertiary/aromatic N) is 2. The molecule has 0 fully saturated rings. The minimum atomic E-state index is 0.570. The lowest BCUT2D eigenvalue weighted by atomic mass is 10.3. The van der Waals surface area contributed by atoms with E-state index in [1.807, 2.05) is 24.3 Å². The van der Waals surface area contributed by atoms with Crippen LogP contribution in [0.3, 0.4) is 0 Å². The van der Waals surface area contributed by atoms with Gasteiger partial charge in [-0.15, -0.1) is 0 Å². The van der Waals surface area contributed by atoms with Crippen LogP contribution in [0.5, 0.6) is 0 Å². The number of carbonyl (C=O) groups is 1. The summed E-state index contributed by atoms with van der Waals surface area (Å²) in [6.07, 6.45) is 4.00. The summed E-state index contributed by atoms with van der Waals surface area (Å²) in [5, 5.41) is 4.07. The van der Waals surface area contributed by atoms with Gasteiger partial charge in [0.05, 0.1) is 17.4 Å². The number of rotatable bonds is 2. The Morgan fingerprint density at radius 2 is 2.14 bits per heavy atom. The number of para-hydroxylation sites is 1. The Morgan fingerprint density at radius 3 is 2.79 bits per heavy atom. The van der Waals surface area contributed by atoms with E-state index in [0.717, 1.165) is 16.4 Å². The van der Waals surface area contributed by atoms with E-state index in [1.54, 1.807) is 10.9 Å². The summed E-state index contributed by atoms with van der Waals surface area (Å²) < 4.78 is 2.61. The summed E-state index contributed by atoms with van der Waals surface area (Å²) in [4.78, 5) is 10.5. The Morgan fingerprint density at radius 1 is 1.36 bits per heavy atom. The Balaban J connectivity index is 2.49. The van der Waals surface area contributed by atoms with Crippen LogP contribution in [0, 0.1) is 0 Å². The number of benzene rings is 1. The van der Waals surface area contributed by atoms with E-state index in [0.29, 0.717) is 5.56 Å². The summed E-state index contributed by atoms with van der Waals surface area (Å²) in [6, 6.07) is 7.70. The first-order valence-corrected chi connectivity index (χ1v) is 4.85. The maximum absolute atomic E-state index is 10.5. The second-order valence-electron chi connectivity index (χ2n) is 2.79. The first-order valence-electron chi connectivity index (χ1n) is 4.06. The monoisotopic (exact) mass is 250 g/mol. The zero-order valence-corrected chi connectivity index (χ0v) is 8.81. The van der Waals surface area contributed by atoms with Crippen molar-refractivity contribution in [3.05, 3.63) is 46.7 Å². The molecule has 70 valence electrons. The smallest absolute Gasteiger partial charge is 0.153 e. The molecule has 14 heavy (non-hydrogen) atoms. The van der Waals surface area contributed by atoms with Crippen molar-refractivity contribution in [2.75, 3.05) is 0 Å². The lowest BCUT2D eigenvalue weighted by Gasteiger charge is -2.02. The fraction of sp³-hybridized carbons (Fsp3) is 0. The SMILES string of the molecule is O=Cc1cnn(-c2ccccc2Br)c1. The van der Waals surface area contributed by atoms with Crippen molar-refractivity contribution in [2.24, 2.45) is 0 Å². The number of hydrogen-bond donors (Lipinski definition) is 0. The second-order valence-corrected chi connectivity index (χ2v) is 3.64. The van der Waals surface area contributed by atoms with Crippen molar-refractivity contribution in [2.45, 2.75) is 0 Å². The van der Waals surface area contributed by atoms with Gasteiger partial charge in [-0.25, -0.2) is 4.68 Å². The summed E-state index contributed by atoms with van der Waals surface area (Å²) in [6.45, 7) is 0. The zero-order valence-electron chi connectivity index (χ0n) is 7.22. The van der Waals surface area contributed by atoms with E-state index in [4.69, 9.17) is 0 Å². The number of aromatic nitrogens is 2. The summed E-state index contributed by atoms with van der Waals surface area (Å²) in [5.74, 6) is 0. The van der Waals surface area contributed by atoms with Crippen LogP contribution in [0.15, 0.2) is 41.1 Å². The molecule has 0 saturated carbocycles. The Kier molecular flexibility index (Phi) is 2.45. The van der Waals surface area contributed by atoms with Crippen LogP contribution < -0.4 is 0 Å². The van der Waals surface area contributed by atoms with Gasteiger partial charge in [0.2, 0.25) is 0 Å². The standard InChI is InChI=1S/C10H7BrN2O/c11-9-3-1-2-4-10(9)13-6-8(7-14)5-12-13/h1-7H. The maximum Gasteiger partial charge on any atom is 0.153 e. The third kappa shape index (κ3) is 1.61. The minimum Gasteiger partial charge on any atom is -0.298 e. The van der Waals surface area contributed by atoms with Gasteiger partial charge in [0.1, 0.15) is 0 Å². The van der Waals surface area contributed by atoms with Gasteiger partial charge in [0, 0.05) is 10.7 Å². The molecule has 2 rings (SSSR count). The van der Waals surface area contributed by atoms with Crippen LogP contribution in [0.4, 0.5) is 0 Å². The molecule has 1 aromatic heterocycles. The van der Waals surface area contributed by atoms with Crippen LogP contribution in [-0.2, 0) is 0 Å². The largest absolute Gasteiger partial charge is 0.298 e. The molecule has 0 aliphatic heterocycles. The van der Waals surface area contributed by atoms with Gasteiger partial charge < -0.3 is 0 Å². The molecule has 1 aromatic carbocycles. The van der Waals surface area contributed by atoms with Crippen molar-refractivity contribution in [1.29, 1.82) is 0 Å². The molecule has 0 atom stereocenters. The van der Waals surface area contributed by atoms with E-state index < -0.39 is 0 Å². The average Bonchev–Trinajstić information content (AvgIpc) is 2.67. The summed E-state index contributed by atoms with van der Waals surface area (Å²) in [7, 11) is 0. The number of hydrogen-bond acceptors (Lipinski definition) is 2. The van der Waals surface area contributed by atoms with Gasteiger partial charge in [-0.3, -0.25) is 4.79 Å². The molecule has 0 aliphatic carbocycles. The van der Waals surface area contributed by atoms with Gasteiger partial charge in [0.25, 0.3) is 0 Å². The molecule has 0 aliphatic rings. The predicted molar refractivity (Wildman–Crippen MR) is 56.7 cm³/mol. The molecule has 2 aromatic rings. The lowest BCUT2D eigenvalue weighted by Crippen LogP contribution is -1.94. The molecular formula is C10H7BrN2O. The lowest BCUT2D eigenvalue weighted by molar-refractivity contribution is 0.112. The van der Waals surface area contributed by atoms with Crippen molar-refractivity contribution in [1.82, 2.24) is 9.78 Å². The highest BCUT2D eigenvalue weighted by molar-refractivity contribution is 9.10. The molecule has 1 heterocycles. The Bertz CT molecular complexity index is 465. The van der Waals surface area contributed by atoms with Crippen molar-refractivity contribution in [3.8, 4) is 5.69 Å². The number of carbonyl (C=O) groups excluding carboxylic acids is 1. The fourth-order valence-corrected chi connectivity index (χ4v) is 1.63. The van der Waals surface area contributed by atoms with Gasteiger partial charge in [-0.1, -0.05) is 12.1 Å². The van der Waals surface area contributed by atoms with Crippen LogP contribution >= 0.6 is 15.9 Å². The molecular weight excluding hydrogens is 244 g/mol. The minimum absolute atomic E-state index is 0.570. The van der Waals surface area contributed by atoms with E-state index in [2.05, 4.69) is 21.0 Å². The molecule has 0 spiro atoms. The van der Waals surface area contributed by atoms with Crippen molar-refractivity contribution >= 4 is 22.2 Å². The van der Waals surface area contributed by atoms with E-state index >= 15 is 0 Å². The normalized spacial score (nSPS) is 10.1. The van der Waals surface area contributed by atoms with Crippen molar-refractivity contribution in [3.63, 3.8) is 0 Å². The van der Waals surface area contributed by atoms with Crippen LogP contribution in [0.2, 0.25) is 0 Å². The molecule has 0 amide bonds. The summed E-state index contributed by atoms with van der Waals surface area (Å²) in [5.41, 5.74) is 1.49. The highest BCUT2D eigenvalue weighted by Crippen LogP contribution is 2.19. The fourth-order valence-electron chi connectivity index (χ4n) is 1.17.